The summed E-state index contributed by atoms with van der Waals surface area (Å²) in [4.78, 5) is 21.2. The highest BCUT2D eigenvalue weighted by Gasteiger charge is 2.20. The summed E-state index contributed by atoms with van der Waals surface area (Å²) in [6.45, 7) is 8.30. The predicted molar refractivity (Wildman–Crippen MR) is 71.1 cm³/mol. The molecule has 0 aromatic heterocycles. The second-order valence-corrected chi connectivity index (χ2v) is 4.55. The van der Waals surface area contributed by atoms with Crippen molar-refractivity contribution in [2.75, 3.05) is 6.61 Å². The quantitative estimate of drug-likeness (QED) is 0.573. The molecular formula is C15H22O3. The number of carbonyl (C=O) groups is 1. The first kappa shape index (κ1) is 14.7. The highest BCUT2D eigenvalue weighted by atomic mass is 17.2. The minimum Gasteiger partial charge on any atom is -0.298 e. The maximum absolute atomic E-state index is 11.8. The van der Waals surface area contributed by atoms with Gasteiger partial charge in [-0.25, -0.2) is 4.79 Å². The van der Waals surface area contributed by atoms with Crippen molar-refractivity contribution in [1.82, 2.24) is 0 Å². The Morgan fingerprint density at radius 1 is 1.28 bits per heavy atom. The molecule has 0 spiro atoms. The lowest BCUT2D eigenvalue weighted by molar-refractivity contribution is -0.273. The van der Waals surface area contributed by atoms with Gasteiger partial charge in [-0.1, -0.05) is 30.7 Å². The topological polar surface area (TPSA) is 35.5 Å². The summed E-state index contributed by atoms with van der Waals surface area (Å²) < 4.78 is 0. The zero-order chi connectivity index (χ0) is 13.5. The molecule has 3 nitrogen and oxygen atoms in total. The Labute approximate surface area is 109 Å². The molecule has 1 aromatic carbocycles. The van der Waals surface area contributed by atoms with Gasteiger partial charge in [0.1, 0.15) is 0 Å². The van der Waals surface area contributed by atoms with Gasteiger partial charge in [0.15, 0.2) is 0 Å². The molecule has 1 aromatic rings. The van der Waals surface area contributed by atoms with Crippen LogP contribution in [0.15, 0.2) is 18.2 Å². The van der Waals surface area contributed by atoms with Crippen LogP contribution in [0.1, 0.15) is 37.0 Å². The van der Waals surface area contributed by atoms with Crippen LogP contribution in [0.2, 0.25) is 0 Å². The van der Waals surface area contributed by atoms with Crippen LogP contribution in [0.4, 0.5) is 0 Å². The Bertz CT molecular complexity index is 399. The van der Waals surface area contributed by atoms with Crippen molar-refractivity contribution in [3.05, 3.63) is 34.9 Å². The van der Waals surface area contributed by atoms with E-state index in [1.165, 1.54) is 16.7 Å². The van der Waals surface area contributed by atoms with E-state index in [0.29, 0.717) is 13.0 Å². The first-order valence-electron chi connectivity index (χ1n) is 6.47. The normalized spacial score (nSPS) is 12.2. The molecule has 100 valence electrons. The average Bonchev–Trinajstić information content (AvgIpc) is 2.35. The van der Waals surface area contributed by atoms with Crippen molar-refractivity contribution >= 4 is 5.97 Å². The molecule has 0 aliphatic heterocycles. The summed E-state index contributed by atoms with van der Waals surface area (Å²) in [7, 11) is 0. The maximum Gasteiger partial charge on any atom is 0.345 e. The first-order chi connectivity index (χ1) is 8.58. The summed E-state index contributed by atoms with van der Waals surface area (Å²) in [5.41, 5.74) is 3.65. The molecule has 1 unspecified atom stereocenters. The van der Waals surface area contributed by atoms with E-state index in [4.69, 9.17) is 9.78 Å². The lowest BCUT2D eigenvalue weighted by Gasteiger charge is -2.14. The van der Waals surface area contributed by atoms with Gasteiger partial charge in [-0.05, 0) is 44.7 Å². The highest BCUT2D eigenvalue weighted by Crippen LogP contribution is 2.18. The minimum atomic E-state index is -0.278. The predicted octanol–water partition coefficient (Wildman–Crippen LogP) is 3.37. The smallest absolute Gasteiger partial charge is 0.298 e. The van der Waals surface area contributed by atoms with E-state index in [1.54, 1.807) is 6.92 Å². The molecule has 0 saturated heterocycles. The van der Waals surface area contributed by atoms with Gasteiger partial charge in [0.25, 0.3) is 0 Å². The molecule has 1 rings (SSSR count). The Kier molecular flexibility index (Phi) is 5.86. The van der Waals surface area contributed by atoms with Gasteiger partial charge in [-0.2, -0.15) is 4.89 Å². The monoisotopic (exact) mass is 250 g/mol. The molecule has 0 N–H and O–H groups in total. The van der Waals surface area contributed by atoms with Crippen molar-refractivity contribution in [3.8, 4) is 0 Å². The Morgan fingerprint density at radius 3 is 2.56 bits per heavy atom. The van der Waals surface area contributed by atoms with Crippen LogP contribution in [0.5, 0.6) is 0 Å². The molecular weight excluding hydrogens is 228 g/mol. The van der Waals surface area contributed by atoms with Crippen LogP contribution in [0, 0.1) is 19.8 Å². The maximum atomic E-state index is 11.8. The molecule has 0 fully saturated rings. The molecule has 3 heteroatoms. The average molecular weight is 250 g/mol. The highest BCUT2D eigenvalue weighted by molar-refractivity contribution is 5.72. The molecule has 18 heavy (non-hydrogen) atoms. The Morgan fingerprint density at radius 2 is 2.00 bits per heavy atom. The summed E-state index contributed by atoms with van der Waals surface area (Å²) in [5, 5.41) is 0. The molecule has 0 aliphatic rings. The molecule has 0 amide bonds. The number of hydrogen-bond donors (Lipinski definition) is 0. The van der Waals surface area contributed by atoms with E-state index in [9.17, 15) is 4.79 Å². The van der Waals surface area contributed by atoms with Gasteiger partial charge in [0.2, 0.25) is 0 Å². The fourth-order valence-electron chi connectivity index (χ4n) is 1.92. The van der Waals surface area contributed by atoms with Crippen molar-refractivity contribution in [2.45, 2.75) is 40.5 Å². The van der Waals surface area contributed by atoms with Crippen LogP contribution in [0.25, 0.3) is 0 Å². The molecule has 0 saturated carbocycles. The number of hydrogen-bond acceptors (Lipinski definition) is 3. The number of rotatable bonds is 6. The second-order valence-electron chi connectivity index (χ2n) is 4.55. The summed E-state index contributed by atoms with van der Waals surface area (Å²) >= 11 is 0. The van der Waals surface area contributed by atoms with Crippen LogP contribution in [-0.4, -0.2) is 12.6 Å². The number of carbonyl (C=O) groups excluding carboxylic acids is 1. The van der Waals surface area contributed by atoms with Gasteiger partial charge in [0, 0.05) is 0 Å². The second kappa shape index (κ2) is 7.17. The molecule has 1 atom stereocenters. The van der Waals surface area contributed by atoms with E-state index in [1.807, 2.05) is 6.92 Å². The Balaban J connectivity index is 2.70. The van der Waals surface area contributed by atoms with Crippen LogP contribution < -0.4 is 0 Å². The van der Waals surface area contributed by atoms with E-state index in [0.717, 1.165) is 6.42 Å². The number of aryl methyl sites for hydroxylation is 2. The van der Waals surface area contributed by atoms with Crippen molar-refractivity contribution in [1.29, 1.82) is 0 Å². The summed E-state index contributed by atoms with van der Waals surface area (Å²) in [6, 6.07) is 6.29. The zero-order valence-corrected chi connectivity index (χ0v) is 11.7. The van der Waals surface area contributed by atoms with Gasteiger partial charge < -0.3 is 0 Å². The van der Waals surface area contributed by atoms with E-state index < -0.39 is 0 Å². The first-order valence-corrected chi connectivity index (χ1v) is 6.47. The van der Waals surface area contributed by atoms with E-state index in [2.05, 4.69) is 32.0 Å². The third-order valence-electron chi connectivity index (χ3n) is 3.05. The SMILES string of the molecule is CCOOC(=O)C(CC)Cc1ccc(C)cc1C. The standard InChI is InChI=1S/C15H22O3/c1-5-13(15(16)18-17-6-2)10-14-8-7-11(3)9-12(14)4/h7-9,13H,5-6,10H2,1-4H3. The van der Waals surface area contributed by atoms with Crippen LogP contribution in [-0.2, 0) is 21.0 Å². The minimum absolute atomic E-state index is 0.141. The molecule has 0 heterocycles. The van der Waals surface area contributed by atoms with Crippen LogP contribution >= 0.6 is 0 Å². The number of benzene rings is 1. The zero-order valence-electron chi connectivity index (χ0n) is 11.7. The molecule has 0 radical (unpaired) electrons. The van der Waals surface area contributed by atoms with Crippen molar-refractivity contribution in [3.63, 3.8) is 0 Å². The third kappa shape index (κ3) is 4.15. The van der Waals surface area contributed by atoms with E-state index >= 15 is 0 Å². The van der Waals surface area contributed by atoms with Gasteiger partial charge in [-0.3, -0.25) is 4.89 Å². The van der Waals surface area contributed by atoms with Crippen molar-refractivity contribution in [2.24, 2.45) is 5.92 Å². The van der Waals surface area contributed by atoms with Crippen molar-refractivity contribution < 1.29 is 14.6 Å². The summed E-state index contributed by atoms with van der Waals surface area (Å²) in [5.74, 6) is -0.419. The third-order valence-corrected chi connectivity index (χ3v) is 3.05. The largest absolute Gasteiger partial charge is 0.345 e. The van der Waals surface area contributed by atoms with Gasteiger partial charge >= 0.3 is 5.97 Å². The fraction of sp³-hybridized carbons (Fsp3) is 0.533. The van der Waals surface area contributed by atoms with Gasteiger partial charge in [0.05, 0.1) is 12.5 Å². The van der Waals surface area contributed by atoms with Crippen LogP contribution in [0.3, 0.4) is 0 Å². The Hall–Kier alpha value is -1.35. The van der Waals surface area contributed by atoms with E-state index in [-0.39, 0.29) is 11.9 Å². The fourth-order valence-corrected chi connectivity index (χ4v) is 1.92. The van der Waals surface area contributed by atoms with Gasteiger partial charge in [-0.15, -0.1) is 0 Å². The summed E-state index contributed by atoms with van der Waals surface area (Å²) in [6.07, 6.45) is 1.45. The molecule has 0 aliphatic carbocycles. The molecule has 0 bridgehead atoms. The lowest BCUT2D eigenvalue weighted by atomic mass is 9.93. The lowest BCUT2D eigenvalue weighted by Crippen LogP contribution is -2.20.